The van der Waals surface area contributed by atoms with Gasteiger partial charge in [-0.25, -0.2) is 0 Å². The largest absolute Gasteiger partial charge is 0.506 e. The molecule has 0 aliphatic heterocycles. The summed E-state index contributed by atoms with van der Waals surface area (Å²) >= 11 is 0. The fourth-order valence-corrected chi connectivity index (χ4v) is 2.29. The highest BCUT2D eigenvalue weighted by atomic mass is 16.5. The number of hydrogen-bond acceptors (Lipinski definition) is 4. The first kappa shape index (κ1) is 15.3. The maximum atomic E-state index is 9.84. The van der Waals surface area contributed by atoms with E-state index in [0.29, 0.717) is 12.2 Å². The zero-order valence-corrected chi connectivity index (χ0v) is 12.8. The molecule has 1 unspecified atom stereocenters. The van der Waals surface area contributed by atoms with Crippen molar-refractivity contribution >= 4 is 0 Å². The highest BCUT2D eigenvalue weighted by molar-refractivity contribution is 5.30. The molecule has 0 aliphatic carbocycles. The predicted octanol–water partition coefficient (Wildman–Crippen LogP) is 3.35. The van der Waals surface area contributed by atoms with E-state index in [1.165, 1.54) is 5.56 Å². The van der Waals surface area contributed by atoms with Crippen LogP contribution in [0.15, 0.2) is 36.4 Å². The molecule has 1 heterocycles. The zero-order valence-electron chi connectivity index (χ0n) is 12.8. The lowest BCUT2D eigenvalue weighted by Crippen LogP contribution is -2.21. The molecule has 0 saturated carbocycles. The average Bonchev–Trinajstić information content (AvgIpc) is 2.51. The van der Waals surface area contributed by atoms with Crippen LogP contribution >= 0.6 is 0 Å². The number of aryl methyl sites for hydroxylation is 1. The summed E-state index contributed by atoms with van der Waals surface area (Å²) in [6.07, 6.45) is 0.957. The third kappa shape index (κ3) is 3.95. The Kier molecular flexibility index (Phi) is 5.17. The van der Waals surface area contributed by atoms with Crippen molar-refractivity contribution in [3.05, 3.63) is 53.3 Å². The van der Waals surface area contributed by atoms with Gasteiger partial charge in [0, 0.05) is 18.3 Å². The van der Waals surface area contributed by atoms with E-state index in [4.69, 9.17) is 4.74 Å². The fraction of sp³-hybridized carbons (Fsp3) is 0.353. The van der Waals surface area contributed by atoms with Crippen LogP contribution in [0.5, 0.6) is 11.5 Å². The molecule has 0 amide bonds. The minimum Gasteiger partial charge on any atom is -0.506 e. The Morgan fingerprint density at radius 2 is 1.90 bits per heavy atom. The van der Waals surface area contributed by atoms with Crippen LogP contribution in [-0.4, -0.2) is 17.2 Å². The van der Waals surface area contributed by atoms with Crippen LogP contribution in [0, 0.1) is 6.92 Å². The lowest BCUT2D eigenvalue weighted by molar-refractivity contribution is 0.414. The molecule has 0 aliphatic rings. The lowest BCUT2D eigenvalue weighted by atomic mass is 10.0. The Hall–Kier alpha value is -2.07. The molecule has 1 aromatic carbocycles. The summed E-state index contributed by atoms with van der Waals surface area (Å²) in [5.74, 6) is 1.09. The van der Waals surface area contributed by atoms with E-state index < -0.39 is 0 Å². The van der Waals surface area contributed by atoms with Crippen molar-refractivity contribution in [2.24, 2.45) is 0 Å². The Morgan fingerprint density at radius 1 is 1.19 bits per heavy atom. The molecule has 2 rings (SSSR count). The molecule has 4 nitrogen and oxygen atoms in total. The van der Waals surface area contributed by atoms with Crippen LogP contribution in [-0.2, 0) is 6.54 Å². The van der Waals surface area contributed by atoms with Crippen LogP contribution in [0.4, 0.5) is 0 Å². The van der Waals surface area contributed by atoms with Crippen molar-refractivity contribution in [1.29, 1.82) is 0 Å². The van der Waals surface area contributed by atoms with Gasteiger partial charge in [0.2, 0.25) is 0 Å². The molecule has 21 heavy (non-hydrogen) atoms. The molecular formula is C17H22N2O2. The SMILES string of the molecule is CCC(NCc1nc(C)ccc1O)c1ccc(OC)cc1. The van der Waals surface area contributed by atoms with Crippen LogP contribution < -0.4 is 10.1 Å². The van der Waals surface area contributed by atoms with Crippen LogP contribution in [0.2, 0.25) is 0 Å². The van der Waals surface area contributed by atoms with Crippen molar-refractivity contribution in [2.45, 2.75) is 32.9 Å². The second-order valence-electron chi connectivity index (χ2n) is 5.03. The van der Waals surface area contributed by atoms with E-state index in [-0.39, 0.29) is 11.8 Å². The molecule has 4 heteroatoms. The summed E-state index contributed by atoms with van der Waals surface area (Å²) in [5, 5.41) is 13.3. The highest BCUT2D eigenvalue weighted by Crippen LogP contribution is 2.21. The van der Waals surface area contributed by atoms with E-state index >= 15 is 0 Å². The first-order valence-electron chi connectivity index (χ1n) is 7.17. The summed E-state index contributed by atoms with van der Waals surface area (Å²) in [5.41, 5.74) is 2.79. The average molecular weight is 286 g/mol. The van der Waals surface area contributed by atoms with Crippen molar-refractivity contribution in [2.75, 3.05) is 7.11 Å². The second kappa shape index (κ2) is 7.09. The summed E-state index contributed by atoms with van der Waals surface area (Å²) < 4.78 is 5.18. The number of nitrogens with zero attached hydrogens (tertiary/aromatic N) is 1. The van der Waals surface area contributed by atoms with E-state index in [0.717, 1.165) is 17.9 Å². The molecule has 0 radical (unpaired) electrons. The quantitative estimate of drug-likeness (QED) is 0.855. The van der Waals surface area contributed by atoms with E-state index in [1.807, 2.05) is 19.1 Å². The number of pyridine rings is 1. The third-order valence-electron chi connectivity index (χ3n) is 3.53. The van der Waals surface area contributed by atoms with Gasteiger partial charge in [0.15, 0.2) is 0 Å². The molecule has 2 aromatic rings. The number of aromatic hydroxyl groups is 1. The summed E-state index contributed by atoms with van der Waals surface area (Å²) in [6.45, 7) is 4.59. The Bertz CT molecular complexity index is 582. The van der Waals surface area contributed by atoms with Crippen LogP contribution in [0.3, 0.4) is 0 Å². The first-order valence-corrected chi connectivity index (χ1v) is 7.17. The van der Waals surface area contributed by atoms with Gasteiger partial charge in [-0.05, 0) is 43.2 Å². The predicted molar refractivity (Wildman–Crippen MR) is 83.5 cm³/mol. The van der Waals surface area contributed by atoms with Gasteiger partial charge in [-0.15, -0.1) is 0 Å². The number of nitrogens with one attached hydrogen (secondary N) is 1. The van der Waals surface area contributed by atoms with Crippen molar-refractivity contribution in [3.8, 4) is 11.5 Å². The van der Waals surface area contributed by atoms with Gasteiger partial charge in [0.1, 0.15) is 11.5 Å². The lowest BCUT2D eigenvalue weighted by Gasteiger charge is -2.18. The van der Waals surface area contributed by atoms with Crippen molar-refractivity contribution < 1.29 is 9.84 Å². The minimum atomic E-state index is 0.220. The topological polar surface area (TPSA) is 54.4 Å². The molecule has 0 spiro atoms. The van der Waals surface area contributed by atoms with E-state index in [2.05, 4.69) is 29.4 Å². The Morgan fingerprint density at radius 3 is 2.52 bits per heavy atom. The van der Waals surface area contributed by atoms with Gasteiger partial charge in [0.25, 0.3) is 0 Å². The van der Waals surface area contributed by atoms with Crippen LogP contribution in [0.1, 0.15) is 36.3 Å². The van der Waals surface area contributed by atoms with Gasteiger partial charge in [0.05, 0.1) is 12.8 Å². The minimum absolute atomic E-state index is 0.220. The highest BCUT2D eigenvalue weighted by Gasteiger charge is 2.11. The van der Waals surface area contributed by atoms with Crippen molar-refractivity contribution in [3.63, 3.8) is 0 Å². The van der Waals surface area contributed by atoms with E-state index in [1.54, 1.807) is 19.2 Å². The summed E-state index contributed by atoms with van der Waals surface area (Å²) in [6, 6.07) is 11.8. The summed E-state index contributed by atoms with van der Waals surface area (Å²) in [4.78, 5) is 4.37. The maximum Gasteiger partial charge on any atom is 0.138 e. The monoisotopic (exact) mass is 286 g/mol. The Labute approximate surface area is 125 Å². The van der Waals surface area contributed by atoms with Gasteiger partial charge in [-0.2, -0.15) is 0 Å². The van der Waals surface area contributed by atoms with E-state index in [9.17, 15) is 5.11 Å². The van der Waals surface area contributed by atoms with Gasteiger partial charge in [-0.3, -0.25) is 4.98 Å². The fourth-order valence-electron chi connectivity index (χ4n) is 2.29. The smallest absolute Gasteiger partial charge is 0.138 e. The standard InChI is InChI=1S/C17H22N2O2/c1-4-15(13-6-8-14(21-3)9-7-13)18-11-16-17(20)10-5-12(2)19-16/h5-10,15,18,20H,4,11H2,1-3H3. The number of ether oxygens (including phenoxy) is 1. The molecule has 0 bridgehead atoms. The van der Waals surface area contributed by atoms with Crippen molar-refractivity contribution in [1.82, 2.24) is 10.3 Å². The number of aromatic nitrogens is 1. The number of rotatable bonds is 6. The third-order valence-corrected chi connectivity index (χ3v) is 3.53. The molecule has 1 aromatic heterocycles. The zero-order chi connectivity index (χ0) is 15.2. The number of hydrogen-bond donors (Lipinski definition) is 2. The number of benzene rings is 1. The molecule has 0 fully saturated rings. The van der Waals surface area contributed by atoms with Crippen LogP contribution in [0.25, 0.3) is 0 Å². The van der Waals surface area contributed by atoms with Gasteiger partial charge >= 0.3 is 0 Å². The molecule has 1 atom stereocenters. The van der Waals surface area contributed by atoms with Gasteiger partial charge in [-0.1, -0.05) is 19.1 Å². The molecular weight excluding hydrogens is 264 g/mol. The number of methoxy groups -OCH3 is 1. The second-order valence-corrected chi connectivity index (χ2v) is 5.03. The summed E-state index contributed by atoms with van der Waals surface area (Å²) in [7, 11) is 1.66. The normalized spacial score (nSPS) is 12.1. The van der Waals surface area contributed by atoms with Gasteiger partial charge < -0.3 is 15.2 Å². The Balaban J connectivity index is 2.06. The molecule has 112 valence electrons. The first-order chi connectivity index (χ1) is 10.1. The molecule has 2 N–H and O–H groups in total. The molecule has 0 saturated heterocycles. The maximum absolute atomic E-state index is 9.84.